The van der Waals surface area contributed by atoms with Crippen LogP contribution in [-0.2, 0) is 0 Å². The molecular formula is C13H26. The lowest BCUT2D eigenvalue weighted by molar-refractivity contribution is 0.302. The van der Waals surface area contributed by atoms with Gasteiger partial charge in [-0.05, 0) is 36.0 Å². The molecule has 1 rings (SSSR count). The van der Waals surface area contributed by atoms with Gasteiger partial charge in [-0.25, -0.2) is 0 Å². The predicted molar refractivity (Wildman–Crippen MR) is 59.7 cm³/mol. The molecular weight excluding hydrogens is 156 g/mol. The van der Waals surface area contributed by atoms with Gasteiger partial charge in [0.05, 0.1) is 0 Å². The molecule has 13 heavy (non-hydrogen) atoms. The lowest BCUT2D eigenvalue weighted by Crippen LogP contribution is -2.11. The van der Waals surface area contributed by atoms with Gasteiger partial charge in [0.25, 0.3) is 0 Å². The van der Waals surface area contributed by atoms with Crippen molar-refractivity contribution in [2.24, 2.45) is 29.6 Å². The monoisotopic (exact) mass is 182 g/mol. The van der Waals surface area contributed by atoms with E-state index in [4.69, 9.17) is 0 Å². The zero-order chi connectivity index (χ0) is 10.0. The third-order valence-electron chi connectivity index (χ3n) is 4.48. The molecule has 0 N–H and O–H groups in total. The Hall–Kier alpha value is 0. The highest BCUT2D eigenvalue weighted by molar-refractivity contribution is 4.93. The van der Waals surface area contributed by atoms with Crippen LogP contribution in [0.2, 0.25) is 0 Å². The van der Waals surface area contributed by atoms with Crippen molar-refractivity contribution in [3.05, 3.63) is 0 Å². The molecule has 5 atom stereocenters. The van der Waals surface area contributed by atoms with E-state index < -0.39 is 0 Å². The first-order valence-electron chi connectivity index (χ1n) is 6.11. The van der Waals surface area contributed by atoms with Gasteiger partial charge in [0.15, 0.2) is 0 Å². The van der Waals surface area contributed by atoms with Crippen LogP contribution >= 0.6 is 0 Å². The summed E-state index contributed by atoms with van der Waals surface area (Å²) in [6.45, 7) is 11.9. The van der Waals surface area contributed by atoms with Crippen LogP contribution in [0.3, 0.4) is 0 Å². The quantitative estimate of drug-likeness (QED) is 0.593. The third kappa shape index (κ3) is 2.48. The first-order chi connectivity index (χ1) is 6.11. The first-order valence-corrected chi connectivity index (χ1v) is 6.11. The van der Waals surface area contributed by atoms with Gasteiger partial charge < -0.3 is 0 Å². The molecule has 0 nitrogen and oxygen atoms in total. The van der Waals surface area contributed by atoms with Crippen molar-refractivity contribution >= 4 is 0 Å². The molecule has 0 heterocycles. The normalized spacial score (nSPS) is 33.9. The second-order valence-corrected chi connectivity index (χ2v) is 5.19. The minimum atomic E-state index is 0.930. The summed E-state index contributed by atoms with van der Waals surface area (Å²) < 4.78 is 0. The Morgan fingerprint density at radius 3 is 2.08 bits per heavy atom. The molecule has 0 spiro atoms. The van der Waals surface area contributed by atoms with Crippen molar-refractivity contribution in [3.63, 3.8) is 0 Å². The van der Waals surface area contributed by atoms with Crippen molar-refractivity contribution in [1.29, 1.82) is 0 Å². The molecule has 0 bridgehead atoms. The molecule has 1 fully saturated rings. The summed E-state index contributed by atoms with van der Waals surface area (Å²) >= 11 is 0. The van der Waals surface area contributed by atoms with Crippen LogP contribution < -0.4 is 0 Å². The summed E-state index contributed by atoms with van der Waals surface area (Å²) in [5, 5.41) is 0. The van der Waals surface area contributed by atoms with Gasteiger partial charge in [0.1, 0.15) is 0 Å². The van der Waals surface area contributed by atoms with E-state index in [-0.39, 0.29) is 0 Å². The summed E-state index contributed by atoms with van der Waals surface area (Å²) in [6.07, 6.45) is 4.24. The van der Waals surface area contributed by atoms with Gasteiger partial charge in [-0.3, -0.25) is 0 Å². The molecule has 1 aliphatic carbocycles. The first kappa shape index (κ1) is 11.1. The molecule has 0 aromatic carbocycles. The van der Waals surface area contributed by atoms with E-state index >= 15 is 0 Å². The fourth-order valence-corrected chi connectivity index (χ4v) is 2.59. The smallest absolute Gasteiger partial charge is 0.0352 e. The highest BCUT2D eigenvalue weighted by atomic mass is 14.5. The maximum atomic E-state index is 2.46. The predicted octanol–water partition coefficient (Wildman–Crippen LogP) is 4.35. The van der Waals surface area contributed by atoms with E-state index in [1.54, 1.807) is 0 Å². The molecule has 0 amide bonds. The summed E-state index contributed by atoms with van der Waals surface area (Å²) in [4.78, 5) is 0. The molecule has 5 unspecified atom stereocenters. The van der Waals surface area contributed by atoms with Gasteiger partial charge >= 0.3 is 0 Å². The van der Waals surface area contributed by atoms with E-state index in [0.717, 1.165) is 29.6 Å². The van der Waals surface area contributed by atoms with Crippen LogP contribution in [0.1, 0.15) is 53.9 Å². The van der Waals surface area contributed by atoms with Crippen molar-refractivity contribution in [3.8, 4) is 0 Å². The third-order valence-corrected chi connectivity index (χ3v) is 4.48. The van der Waals surface area contributed by atoms with Crippen LogP contribution in [0, 0.1) is 29.6 Å². The van der Waals surface area contributed by atoms with Gasteiger partial charge in [-0.2, -0.15) is 0 Å². The average Bonchev–Trinajstić information content (AvgIpc) is 2.93. The minimum Gasteiger partial charge on any atom is -0.0651 e. The van der Waals surface area contributed by atoms with Crippen LogP contribution in [-0.4, -0.2) is 0 Å². The molecule has 0 aliphatic heterocycles. The topological polar surface area (TPSA) is 0 Å². The molecule has 78 valence electrons. The molecule has 0 heteroatoms. The second kappa shape index (κ2) is 4.48. The highest BCUT2D eigenvalue weighted by Gasteiger charge is 2.44. The van der Waals surface area contributed by atoms with Crippen molar-refractivity contribution < 1.29 is 0 Å². The summed E-state index contributed by atoms with van der Waals surface area (Å²) in [5.41, 5.74) is 0. The van der Waals surface area contributed by atoms with Gasteiger partial charge in [-0.15, -0.1) is 0 Å². The Morgan fingerprint density at radius 1 is 1.00 bits per heavy atom. The minimum absolute atomic E-state index is 0.930. The summed E-state index contributed by atoms with van der Waals surface area (Å²) in [6, 6.07) is 0. The number of hydrogen-bond acceptors (Lipinski definition) is 0. The maximum absolute atomic E-state index is 2.46. The molecule has 1 aliphatic rings. The second-order valence-electron chi connectivity index (χ2n) is 5.19. The van der Waals surface area contributed by atoms with E-state index in [0.29, 0.717) is 0 Å². The standard InChI is InChI=1S/C13H26/c1-6-9(3)11(5)13-8-12(13)10(4)7-2/h9-13H,6-8H2,1-5H3. The SMILES string of the molecule is CCC(C)C(C)C1CC1C(C)CC. The fourth-order valence-electron chi connectivity index (χ4n) is 2.59. The average molecular weight is 182 g/mol. The van der Waals surface area contributed by atoms with E-state index in [2.05, 4.69) is 34.6 Å². The van der Waals surface area contributed by atoms with E-state index in [1.165, 1.54) is 19.3 Å². The van der Waals surface area contributed by atoms with Crippen molar-refractivity contribution in [1.82, 2.24) is 0 Å². The Morgan fingerprint density at radius 2 is 1.62 bits per heavy atom. The number of hydrogen-bond donors (Lipinski definition) is 0. The molecule has 0 radical (unpaired) electrons. The van der Waals surface area contributed by atoms with Gasteiger partial charge in [-0.1, -0.05) is 47.5 Å². The molecule has 0 aromatic rings. The molecule has 1 saturated carbocycles. The van der Waals surface area contributed by atoms with Crippen LogP contribution in [0.25, 0.3) is 0 Å². The molecule has 0 aromatic heterocycles. The highest BCUT2D eigenvalue weighted by Crippen LogP contribution is 2.51. The zero-order valence-electron chi connectivity index (χ0n) is 10.0. The van der Waals surface area contributed by atoms with Gasteiger partial charge in [0, 0.05) is 0 Å². The Balaban J connectivity index is 2.33. The number of rotatable bonds is 5. The van der Waals surface area contributed by atoms with Crippen LogP contribution in [0.5, 0.6) is 0 Å². The fraction of sp³-hybridized carbons (Fsp3) is 1.00. The summed E-state index contributed by atoms with van der Waals surface area (Å²) in [5.74, 6) is 4.98. The molecule has 0 saturated heterocycles. The van der Waals surface area contributed by atoms with E-state index in [1.807, 2.05) is 0 Å². The lowest BCUT2D eigenvalue weighted by Gasteiger charge is -2.19. The Kier molecular flexibility index (Phi) is 3.82. The van der Waals surface area contributed by atoms with Crippen molar-refractivity contribution in [2.75, 3.05) is 0 Å². The maximum Gasteiger partial charge on any atom is -0.0352 e. The largest absolute Gasteiger partial charge is 0.0651 e. The zero-order valence-corrected chi connectivity index (χ0v) is 10.0. The Bertz CT molecular complexity index is 150. The lowest BCUT2D eigenvalue weighted by atomic mass is 9.86. The van der Waals surface area contributed by atoms with E-state index in [9.17, 15) is 0 Å². The van der Waals surface area contributed by atoms with Crippen LogP contribution in [0.15, 0.2) is 0 Å². The van der Waals surface area contributed by atoms with Gasteiger partial charge in [0.2, 0.25) is 0 Å². The summed E-state index contributed by atoms with van der Waals surface area (Å²) in [7, 11) is 0. The Labute approximate surface area is 84.1 Å². The van der Waals surface area contributed by atoms with Crippen molar-refractivity contribution in [2.45, 2.75) is 53.9 Å². The van der Waals surface area contributed by atoms with Crippen LogP contribution in [0.4, 0.5) is 0 Å².